The van der Waals surface area contributed by atoms with Crippen LogP contribution in [0.1, 0.15) is 49.7 Å². The molecule has 0 N–H and O–H groups in total. The van der Waals surface area contributed by atoms with Crippen LogP contribution in [0.25, 0.3) is 0 Å². The summed E-state index contributed by atoms with van der Waals surface area (Å²) >= 11 is 0. The largest absolute Gasteiger partial charge is 0.299 e. The van der Waals surface area contributed by atoms with Crippen molar-refractivity contribution in [3.8, 4) is 0 Å². The fraction of sp³-hybridized carbons (Fsp3) is 0.588. The number of hydrogen-bond donors (Lipinski definition) is 0. The van der Waals surface area contributed by atoms with Gasteiger partial charge in [0.15, 0.2) is 0 Å². The average Bonchev–Trinajstić information content (AvgIpc) is 2.44. The van der Waals surface area contributed by atoms with Crippen molar-refractivity contribution in [2.75, 3.05) is 13.1 Å². The number of hydrogen-bond acceptors (Lipinski definition) is 3. The van der Waals surface area contributed by atoms with E-state index < -0.39 is 0 Å². The first kappa shape index (κ1) is 13.5. The number of isocyanates is 1. The van der Waals surface area contributed by atoms with E-state index in [9.17, 15) is 4.79 Å². The minimum atomic E-state index is -0.264. The molecule has 0 bridgehead atoms. The van der Waals surface area contributed by atoms with Crippen LogP contribution in [0.2, 0.25) is 0 Å². The third-order valence-electron chi connectivity index (χ3n) is 4.76. The summed E-state index contributed by atoms with van der Waals surface area (Å²) in [5.41, 5.74) is 2.28. The van der Waals surface area contributed by atoms with Gasteiger partial charge in [-0.1, -0.05) is 30.7 Å². The molecule has 1 saturated carbocycles. The topological polar surface area (TPSA) is 32.7 Å². The standard InChI is InChI=1S/C17H22N2O/c20-14-18-17(8-5-9-17)16-7-4-6-15(12-16)13-19-10-2-1-3-11-19/h4,6-7,12H,1-3,5,8-11,13H2. The Labute approximate surface area is 120 Å². The Morgan fingerprint density at radius 2 is 1.95 bits per heavy atom. The first-order valence-corrected chi connectivity index (χ1v) is 7.73. The van der Waals surface area contributed by atoms with Crippen molar-refractivity contribution in [2.45, 2.75) is 50.6 Å². The SMILES string of the molecule is O=C=NC1(c2cccc(CN3CCCCC3)c2)CCC1. The maximum atomic E-state index is 10.7. The minimum Gasteiger partial charge on any atom is -0.299 e. The predicted molar refractivity (Wildman–Crippen MR) is 79.2 cm³/mol. The van der Waals surface area contributed by atoms with Gasteiger partial charge < -0.3 is 0 Å². The Hall–Kier alpha value is -1.44. The van der Waals surface area contributed by atoms with Crippen LogP contribution in [-0.2, 0) is 16.9 Å². The summed E-state index contributed by atoms with van der Waals surface area (Å²) in [6.07, 6.45) is 8.90. The molecule has 0 atom stereocenters. The number of rotatable bonds is 4. The Bertz CT molecular complexity index is 509. The van der Waals surface area contributed by atoms with E-state index in [4.69, 9.17) is 0 Å². The van der Waals surface area contributed by atoms with Crippen molar-refractivity contribution < 1.29 is 4.79 Å². The number of nitrogens with zero attached hydrogens (tertiary/aromatic N) is 2. The highest BCUT2D eigenvalue weighted by Crippen LogP contribution is 2.44. The van der Waals surface area contributed by atoms with E-state index in [1.54, 1.807) is 6.08 Å². The quantitative estimate of drug-likeness (QED) is 0.620. The molecule has 1 aliphatic carbocycles. The minimum absolute atomic E-state index is 0.264. The molecule has 106 valence electrons. The lowest BCUT2D eigenvalue weighted by Gasteiger charge is -2.37. The molecule has 0 amide bonds. The second-order valence-corrected chi connectivity index (χ2v) is 6.13. The van der Waals surface area contributed by atoms with E-state index >= 15 is 0 Å². The number of carbonyl (C=O) groups excluding carboxylic acids is 1. The van der Waals surface area contributed by atoms with Crippen LogP contribution in [0.5, 0.6) is 0 Å². The molecule has 3 rings (SSSR count). The van der Waals surface area contributed by atoms with Gasteiger partial charge in [-0.2, -0.15) is 4.99 Å². The second kappa shape index (κ2) is 5.90. The fourth-order valence-corrected chi connectivity index (χ4v) is 3.40. The van der Waals surface area contributed by atoms with Gasteiger partial charge in [0.1, 0.15) is 0 Å². The van der Waals surface area contributed by atoms with Crippen molar-refractivity contribution in [1.29, 1.82) is 0 Å². The van der Waals surface area contributed by atoms with Crippen LogP contribution in [0, 0.1) is 0 Å². The molecule has 1 saturated heterocycles. The summed E-state index contributed by atoms with van der Waals surface area (Å²) in [7, 11) is 0. The van der Waals surface area contributed by atoms with Crippen molar-refractivity contribution >= 4 is 6.08 Å². The van der Waals surface area contributed by atoms with Crippen LogP contribution in [0.4, 0.5) is 0 Å². The molecule has 1 aromatic carbocycles. The predicted octanol–water partition coefficient (Wildman–Crippen LogP) is 3.39. The van der Waals surface area contributed by atoms with Gasteiger partial charge in [0.25, 0.3) is 0 Å². The molecule has 20 heavy (non-hydrogen) atoms. The van der Waals surface area contributed by atoms with Gasteiger partial charge in [-0.25, -0.2) is 4.79 Å². The molecule has 1 aromatic rings. The van der Waals surface area contributed by atoms with Crippen molar-refractivity contribution in [1.82, 2.24) is 4.90 Å². The molecule has 2 aliphatic rings. The van der Waals surface area contributed by atoms with E-state index in [0.29, 0.717) is 0 Å². The van der Waals surface area contributed by atoms with Crippen LogP contribution >= 0.6 is 0 Å². The van der Waals surface area contributed by atoms with Gasteiger partial charge in [-0.05, 0) is 56.3 Å². The monoisotopic (exact) mass is 270 g/mol. The van der Waals surface area contributed by atoms with E-state index in [1.165, 1.54) is 43.5 Å². The normalized spacial score (nSPS) is 21.8. The Morgan fingerprint density at radius 1 is 1.15 bits per heavy atom. The highest BCUT2D eigenvalue weighted by molar-refractivity contribution is 5.40. The number of piperidine rings is 1. The molecule has 1 aliphatic heterocycles. The van der Waals surface area contributed by atoms with Gasteiger partial charge in [-0.15, -0.1) is 0 Å². The smallest absolute Gasteiger partial charge is 0.235 e. The maximum Gasteiger partial charge on any atom is 0.235 e. The Balaban J connectivity index is 1.77. The second-order valence-electron chi connectivity index (χ2n) is 6.13. The zero-order valence-corrected chi connectivity index (χ0v) is 12.0. The summed E-state index contributed by atoms with van der Waals surface area (Å²) in [4.78, 5) is 17.3. The third kappa shape index (κ3) is 2.70. The number of aliphatic imine (C=N–C) groups is 1. The van der Waals surface area contributed by atoms with Crippen LogP contribution in [0.3, 0.4) is 0 Å². The highest BCUT2D eigenvalue weighted by Gasteiger charge is 2.38. The molecular weight excluding hydrogens is 248 g/mol. The lowest BCUT2D eigenvalue weighted by Crippen LogP contribution is -2.32. The molecule has 0 radical (unpaired) electrons. The van der Waals surface area contributed by atoms with Gasteiger partial charge in [0, 0.05) is 6.54 Å². The summed E-state index contributed by atoms with van der Waals surface area (Å²) in [5, 5.41) is 0. The van der Waals surface area contributed by atoms with Gasteiger partial charge in [0.05, 0.1) is 5.54 Å². The zero-order chi connectivity index (χ0) is 13.8. The summed E-state index contributed by atoms with van der Waals surface area (Å²) in [6, 6.07) is 8.65. The van der Waals surface area contributed by atoms with Gasteiger partial charge in [0.2, 0.25) is 6.08 Å². The molecule has 3 nitrogen and oxygen atoms in total. The molecule has 2 fully saturated rings. The fourth-order valence-electron chi connectivity index (χ4n) is 3.40. The van der Waals surface area contributed by atoms with Crippen LogP contribution < -0.4 is 0 Å². The van der Waals surface area contributed by atoms with Gasteiger partial charge >= 0.3 is 0 Å². The number of likely N-dealkylation sites (tertiary alicyclic amines) is 1. The maximum absolute atomic E-state index is 10.7. The van der Waals surface area contributed by atoms with E-state index in [1.807, 2.05) is 0 Å². The first-order valence-electron chi connectivity index (χ1n) is 7.73. The molecule has 1 heterocycles. The summed E-state index contributed by atoms with van der Waals surface area (Å²) < 4.78 is 0. The van der Waals surface area contributed by atoms with Crippen LogP contribution in [0.15, 0.2) is 29.3 Å². The molecular formula is C17H22N2O. The number of benzene rings is 1. The van der Waals surface area contributed by atoms with Crippen LogP contribution in [-0.4, -0.2) is 24.1 Å². The lowest BCUT2D eigenvalue weighted by molar-refractivity contribution is 0.220. The van der Waals surface area contributed by atoms with E-state index in [2.05, 4.69) is 34.2 Å². The Morgan fingerprint density at radius 3 is 2.60 bits per heavy atom. The third-order valence-corrected chi connectivity index (χ3v) is 4.76. The summed E-state index contributed by atoms with van der Waals surface area (Å²) in [6.45, 7) is 3.44. The average molecular weight is 270 g/mol. The van der Waals surface area contributed by atoms with E-state index in [-0.39, 0.29) is 5.54 Å². The Kier molecular flexibility index (Phi) is 4.00. The van der Waals surface area contributed by atoms with Crippen molar-refractivity contribution in [2.24, 2.45) is 4.99 Å². The highest BCUT2D eigenvalue weighted by atomic mass is 16.1. The summed E-state index contributed by atoms with van der Waals surface area (Å²) in [5.74, 6) is 0. The van der Waals surface area contributed by atoms with Crippen molar-refractivity contribution in [3.63, 3.8) is 0 Å². The van der Waals surface area contributed by atoms with Crippen molar-refractivity contribution in [3.05, 3.63) is 35.4 Å². The molecule has 0 spiro atoms. The molecule has 3 heteroatoms. The first-order chi connectivity index (χ1) is 9.82. The lowest BCUT2D eigenvalue weighted by atomic mass is 9.72. The van der Waals surface area contributed by atoms with E-state index in [0.717, 1.165) is 25.8 Å². The molecule has 0 unspecified atom stereocenters. The molecule has 0 aromatic heterocycles. The van der Waals surface area contributed by atoms with Gasteiger partial charge in [-0.3, -0.25) is 4.90 Å². The zero-order valence-electron chi connectivity index (χ0n) is 12.0.